The fourth-order valence-electron chi connectivity index (χ4n) is 2.41. The first kappa shape index (κ1) is 18.0. The van der Waals surface area contributed by atoms with Crippen molar-refractivity contribution >= 4 is 23.0 Å². The van der Waals surface area contributed by atoms with Crippen LogP contribution in [0.2, 0.25) is 5.02 Å². The van der Waals surface area contributed by atoms with Crippen LogP contribution in [-0.2, 0) is 0 Å². The summed E-state index contributed by atoms with van der Waals surface area (Å²) in [4.78, 5) is 12.4. The molecule has 0 radical (unpaired) electrons. The molecule has 6 nitrogen and oxygen atoms in total. The lowest BCUT2D eigenvalue weighted by atomic mass is 10.1. The quantitative estimate of drug-likeness (QED) is 0.605. The van der Waals surface area contributed by atoms with Gasteiger partial charge in [-0.15, -0.1) is 0 Å². The number of rotatable bonds is 7. The highest BCUT2D eigenvalue weighted by Crippen LogP contribution is 2.28. The molecule has 0 heterocycles. The van der Waals surface area contributed by atoms with Gasteiger partial charge >= 0.3 is 0 Å². The fourth-order valence-corrected chi connectivity index (χ4v) is 2.66. The SMILES string of the molecule is COc1cccc([C@H](CNc2ccc([N+](=O)[O-])cc2Cl)N(C)C)c1. The molecular formula is C17H20ClN3O3. The van der Waals surface area contributed by atoms with Gasteiger partial charge in [0.25, 0.3) is 5.69 Å². The molecule has 0 aromatic heterocycles. The lowest BCUT2D eigenvalue weighted by Crippen LogP contribution is -2.27. The number of likely N-dealkylation sites (N-methyl/N-ethyl adjacent to an activating group) is 1. The molecule has 0 fully saturated rings. The van der Waals surface area contributed by atoms with Gasteiger partial charge in [0.05, 0.1) is 28.8 Å². The molecule has 2 rings (SSSR count). The number of hydrogen-bond donors (Lipinski definition) is 1. The van der Waals surface area contributed by atoms with E-state index in [-0.39, 0.29) is 11.7 Å². The Labute approximate surface area is 146 Å². The van der Waals surface area contributed by atoms with Crippen molar-refractivity contribution in [3.05, 3.63) is 63.2 Å². The highest BCUT2D eigenvalue weighted by Gasteiger charge is 2.16. The van der Waals surface area contributed by atoms with E-state index in [9.17, 15) is 10.1 Å². The molecule has 0 saturated heterocycles. The van der Waals surface area contributed by atoms with E-state index in [4.69, 9.17) is 16.3 Å². The third kappa shape index (κ3) is 4.37. The number of methoxy groups -OCH3 is 1. The summed E-state index contributed by atoms with van der Waals surface area (Å²) in [5.41, 5.74) is 1.74. The Kier molecular flexibility index (Phi) is 6.00. The summed E-state index contributed by atoms with van der Waals surface area (Å²) >= 11 is 6.13. The van der Waals surface area contributed by atoms with Crippen LogP contribution in [0.5, 0.6) is 5.75 Å². The van der Waals surface area contributed by atoms with Crippen LogP contribution in [0.4, 0.5) is 11.4 Å². The predicted octanol–water partition coefficient (Wildman–Crippen LogP) is 3.97. The summed E-state index contributed by atoms with van der Waals surface area (Å²) in [5.74, 6) is 0.799. The van der Waals surface area contributed by atoms with E-state index < -0.39 is 4.92 Å². The number of ether oxygens (including phenoxy) is 1. The first-order valence-corrected chi connectivity index (χ1v) is 7.78. The second-order valence-electron chi connectivity index (χ2n) is 5.56. The number of nitro benzene ring substituents is 1. The average molecular weight is 350 g/mol. The van der Waals surface area contributed by atoms with Crippen LogP contribution in [0, 0.1) is 10.1 Å². The van der Waals surface area contributed by atoms with Crippen LogP contribution in [0.15, 0.2) is 42.5 Å². The van der Waals surface area contributed by atoms with Crippen LogP contribution in [0.1, 0.15) is 11.6 Å². The molecule has 128 valence electrons. The number of nitrogens with zero attached hydrogens (tertiary/aromatic N) is 2. The Morgan fingerprint density at radius 3 is 2.62 bits per heavy atom. The third-order valence-corrected chi connectivity index (χ3v) is 4.06. The Balaban J connectivity index is 2.16. The van der Waals surface area contributed by atoms with E-state index in [2.05, 4.69) is 10.2 Å². The minimum absolute atomic E-state index is 0.0255. The molecule has 0 saturated carbocycles. The van der Waals surface area contributed by atoms with Gasteiger partial charge in [-0.1, -0.05) is 23.7 Å². The number of anilines is 1. The molecule has 2 aromatic rings. The molecule has 0 unspecified atom stereocenters. The highest BCUT2D eigenvalue weighted by atomic mass is 35.5. The molecule has 1 atom stereocenters. The maximum atomic E-state index is 10.8. The van der Waals surface area contributed by atoms with Crippen molar-refractivity contribution in [1.82, 2.24) is 4.90 Å². The van der Waals surface area contributed by atoms with Crippen LogP contribution in [-0.4, -0.2) is 37.6 Å². The van der Waals surface area contributed by atoms with Crippen molar-refractivity contribution in [2.24, 2.45) is 0 Å². The predicted molar refractivity (Wildman–Crippen MR) is 96.0 cm³/mol. The first-order chi connectivity index (χ1) is 11.4. The van der Waals surface area contributed by atoms with E-state index in [1.54, 1.807) is 13.2 Å². The molecule has 1 N–H and O–H groups in total. The molecule has 7 heteroatoms. The second-order valence-corrected chi connectivity index (χ2v) is 5.97. The van der Waals surface area contributed by atoms with Gasteiger partial charge in [0, 0.05) is 18.7 Å². The van der Waals surface area contributed by atoms with Crippen molar-refractivity contribution in [3.63, 3.8) is 0 Å². The minimum Gasteiger partial charge on any atom is -0.497 e. The van der Waals surface area contributed by atoms with E-state index >= 15 is 0 Å². The lowest BCUT2D eigenvalue weighted by molar-refractivity contribution is -0.384. The Morgan fingerprint density at radius 1 is 1.29 bits per heavy atom. The molecule has 0 aliphatic carbocycles. The Morgan fingerprint density at radius 2 is 2.04 bits per heavy atom. The number of non-ortho nitro benzene ring substituents is 1. The minimum atomic E-state index is -0.464. The summed E-state index contributed by atoms with van der Waals surface area (Å²) in [5, 5.41) is 14.4. The second kappa shape index (κ2) is 7.99. The van der Waals surface area contributed by atoms with Gasteiger partial charge in [-0.25, -0.2) is 0 Å². The zero-order valence-corrected chi connectivity index (χ0v) is 14.6. The molecular weight excluding hydrogens is 330 g/mol. The van der Waals surface area contributed by atoms with Gasteiger partial charge in [-0.05, 0) is 37.9 Å². The molecule has 24 heavy (non-hydrogen) atoms. The van der Waals surface area contributed by atoms with Crippen molar-refractivity contribution in [1.29, 1.82) is 0 Å². The lowest BCUT2D eigenvalue weighted by Gasteiger charge is -2.26. The average Bonchev–Trinajstić information content (AvgIpc) is 2.56. The largest absolute Gasteiger partial charge is 0.497 e. The fraction of sp³-hybridized carbons (Fsp3) is 0.294. The number of benzene rings is 2. The standard InChI is InChI=1S/C17H20ClN3O3/c1-20(2)17(12-5-4-6-14(9-12)24-3)11-19-16-8-7-13(21(22)23)10-15(16)18/h4-10,17,19H,11H2,1-3H3/t17-/m0/s1. The van der Waals surface area contributed by atoms with Crippen LogP contribution < -0.4 is 10.1 Å². The number of nitro groups is 1. The van der Waals surface area contributed by atoms with Crippen molar-refractivity contribution in [2.45, 2.75) is 6.04 Å². The maximum absolute atomic E-state index is 10.8. The van der Waals surface area contributed by atoms with Crippen LogP contribution in [0.3, 0.4) is 0 Å². The first-order valence-electron chi connectivity index (χ1n) is 7.40. The van der Waals surface area contributed by atoms with Crippen LogP contribution in [0.25, 0.3) is 0 Å². The summed E-state index contributed by atoms with van der Waals surface area (Å²) in [6.07, 6.45) is 0. The monoisotopic (exact) mass is 349 g/mol. The maximum Gasteiger partial charge on any atom is 0.271 e. The van der Waals surface area contributed by atoms with E-state index in [1.165, 1.54) is 12.1 Å². The van der Waals surface area contributed by atoms with Crippen molar-refractivity contribution in [3.8, 4) is 5.75 Å². The van der Waals surface area contributed by atoms with Gasteiger partial charge in [0.1, 0.15) is 5.75 Å². The third-order valence-electron chi connectivity index (χ3n) is 3.75. The highest BCUT2D eigenvalue weighted by molar-refractivity contribution is 6.33. The van der Waals surface area contributed by atoms with Crippen molar-refractivity contribution in [2.75, 3.05) is 33.1 Å². The topological polar surface area (TPSA) is 67.6 Å². The summed E-state index contributed by atoms with van der Waals surface area (Å²) in [6, 6.07) is 12.4. The summed E-state index contributed by atoms with van der Waals surface area (Å²) in [7, 11) is 5.62. The zero-order chi connectivity index (χ0) is 17.7. The number of hydrogen-bond acceptors (Lipinski definition) is 5. The van der Waals surface area contributed by atoms with Gasteiger partial charge in [-0.3, -0.25) is 10.1 Å². The van der Waals surface area contributed by atoms with Crippen molar-refractivity contribution < 1.29 is 9.66 Å². The van der Waals surface area contributed by atoms with Crippen LogP contribution >= 0.6 is 11.6 Å². The smallest absolute Gasteiger partial charge is 0.271 e. The summed E-state index contributed by atoms with van der Waals surface area (Å²) < 4.78 is 5.28. The van der Waals surface area contributed by atoms with E-state index in [1.807, 2.05) is 38.4 Å². The molecule has 0 aliphatic rings. The normalized spacial score (nSPS) is 12.0. The van der Waals surface area contributed by atoms with Gasteiger partial charge < -0.3 is 15.0 Å². The zero-order valence-electron chi connectivity index (χ0n) is 13.8. The number of halogens is 1. The number of nitrogens with one attached hydrogen (secondary N) is 1. The summed E-state index contributed by atoms with van der Waals surface area (Å²) in [6.45, 7) is 0.595. The molecule has 0 spiro atoms. The van der Waals surface area contributed by atoms with Gasteiger partial charge in [0.15, 0.2) is 0 Å². The van der Waals surface area contributed by atoms with E-state index in [0.29, 0.717) is 17.3 Å². The molecule has 0 aliphatic heterocycles. The Hall–Kier alpha value is -2.31. The molecule has 0 bridgehead atoms. The molecule has 0 amide bonds. The Bertz CT molecular complexity index is 722. The van der Waals surface area contributed by atoms with Gasteiger partial charge in [-0.2, -0.15) is 0 Å². The van der Waals surface area contributed by atoms with E-state index in [0.717, 1.165) is 11.3 Å². The van der Waals surface area contributed by atoms with Gasteiger partial charge in [0.2, 0.25) is 0 Å². The molecule has 2 aromatic carbocycles.